The van der Waals surface area contributed by atoms with E-state index >= 15 is 0 Å². The molecule has 0 atom stereocenters. The molecule has 0 saturated heterocycles. The third kappa shape index (κ3) is 7.95. The largest absolute Gasteiger partial charge is 0.356 e. The van der Waals surface area contributed by atoms with Gasteiger partial charge in [-0.05, 0) is 32.0 Å². The Labute approximate surface area is 123 Å². The molecule has 1 amide bonds. The molecule has 1 aromatic rings. The minimum absolute atomic E-state index is 0.198. The molecule has 0 fully saturated rings. The summed E-state index contributed by atoms with van der Waals surface area (Å²) in [7, 11) is 2.12. The molecule has 1 aromatic carbocycles. The van der Waals surface area contributed by atoms with Crippen molar-refractivity contribution in [1.29, 1.82) is 0 Å². The van der Waals surface area contributed by atoms with E-state index in [2.05, 4.69) is 48.5 Å². The number of amides is 1. The zero-order valence-electron chi connectivity index (χ0n) is 12.9. The molecule has 0 aliphatic carbocycles. The van der Waals surface area contributed by atoms with Crippen molar-refractivity contribution >= 4 is 5.91 Å². The number of rotatable bonds is 10. The van der Waals surface area contributed by atoms with Crippen molar-refractivity contribution in [3.05, 3.63) is 35.9 Å². The Morgan fingerprint density at radius 2 is 1.90 bits per heavy atom. The van der Waals surface area contributed by atoms with Gasteiger partial charge in [-0.1, -0.05) is 50.1 Å². The highest BCUT2D eigenvalue weighted by atomic mass is 16.1. The Morgan fingerprint density at radius 1 is 1.15 bits per heavy atom. The van der Waals surface area contributed by atoms with Crippen molar-refractivity contribution in [2.75, 3.05) is 20.1 Å². The van der Waals surface area contributed by atoms with Crippen LogP contribution in [0.1, 0.15) is 44.6 Å². The van der Waals surface area contributed by atoms with Crippen LogP contribution in [0.2, 0.25) is 0 Å². The van der Waals surface area contributed by atoms with Crippen LogP contribution >= 0.6 is 0 Å². The third-order valence-corrected chi connectivity index (χ3v) is 3.34. The van der Waals surface area contributed by atoms with Crippen LogP contribution in [0.5, 0.6) is 0 Å². The van der Waals surface area contributed by atoms with Crippen molar-refractivity contribution in [2.24, 2.45) is 0 Å². The van der Waals surface area contributed by atoms with Crippen molar-refractivity contribution in [3.63, 3.8) is 0 Å². The van der Waals surface area contributed by atoms with Crippen LogP contribution in [0, 0.1) is 0 Å². The van der Waals surface area contributed by atoms with E-state index < -0.39 is 0 Å². The van der Waals surface area contributed by atoms with E-state index in [-0.39, 0.29) is 5.91 Å². The van der Waals surface area contributed by atoms with Crippen LogP contribution in [0.3, 0.4) is 0 Å². The summed E-state index contributed by atoms with van der Waals surface area (Å²) in [5.74, 6) is 0.198. The number of nitrogens with one attached hydrogen (secondary N) is 1. The van der Waals surface area contributed by atoms with Crippen LogP contribution < -0.4 is 5.32 Å². The van der Waals surface area contributed by atoms with Gasteiger partial charge in [-0.2, -0.15) is 0 Å². The number of benzene rings is 1. The molecule has 112 valence electrons. The summed E-state index contributed by atoms with van der Waals surface area (Å²) in [6.45, 7) is 4.90. The molecule has 3 heteroatoms. The normalized spacial score (nSPS) is 10.8. The smallest absolute Gasteiger partial charge is 0.219 e. The van der Waals surface area contributed by atoms with Gasteiger partial charge in [0.05, 0.1) is 0 Å². The van der Waals surface area contributed by atoms with Crippen LogP contribution in [0.15, 0.2) is 30.3 Å². The number of unbranched alkanes of at least 4 members (excludes halogenated alkanes) is 2. The van der Waals surface area contributed by atoms with Gasteiger partial charge in [0, 0.05) is 19.5 Å². The Hall–Kier alpha value is -1.35. The highest BCUT2D eigenvalue weighted by Gasteiger charge is 2.02. The number of carbonyl (C=O) groups excluding carboxylic acids is 1. The lowest BCUT2D eigenvalue weighted by Gasteiger charge is -2.16. The molecular formula is C17H28N2O. The third-order valence-electron chi connectivity index (χ3n) is 3.34. The van der Waals surface area contributed by atoms with Crippen LogP contribution in [0.4, 0.5) is 0 Å². The Morgan fingerprint density at radius 3 is 2.60 bits per heavy atom. The van der Waals surface area contributed by atoms with Gasteiger partial charge in [-0.25, -0.2) is 0 Å². The molecule has 0 aliphatic heterocycles. The molecule has 0 heterocycles. The maximum Gasteiger partial charge on any atom is 0.219 e. The van der Waals surface area contributed by atoms with Crippen molar-refractivity contribution in [3.8, 4) is 0 Å². The summed E-state index contributed by atoms with van der Waals surface area (Å²) < 4.78 is 0. The average molecular weight is 276 g/mol. The van der Waals surface area contributed by atoms with Gasteiger partial charge in [0.25, 0.3) is 0 Å². The van der Waals surface area contributed by atoms with Gasteiger partial charge < -0.3 is 10.2 Å². The van der Waals surface area contributed by atoms with Gasteiger partial charge in [0.1, 0.15) is 0 Å². The highest BCUT2D eigenvalue weighted by Crippen LogP contribution is 2.03. The zero-order valence-corrected chi connectivity index (χ0v) is 12.9. The monoisotopic (exact) mass is 276 g/mol. The van der Waals surface area contributed by atoms with Crippen LogP contribution in [0.25, 0.3) is 0 Å². The molecule has 0 unspecified atom stereocenters. The summed E-state index contributed by atoms with van der Waals surface area (Å²) in [6.07, 6.45) is 5.00. The predicted molar refractivity (Wildman–Crippen MR) is 84.5 cm³/mol. The Kier molecular flexibility index (Phi) is 8.72. The second kappa shape index (κ2) is 10.4. The second-order valence-electron chi connectivity index (χ2n) is 5.38. The maximum absolute atomic E-state index is 11.5. The maximum atomic E-state index is 11.5. The lowest BCUT2D eigenvalue weighted by Crippen LogP contribution is -2.27. The van der Waals surface area contributed by atoms with Crippen molar-refractivity contribution in [2.45, 2.75) is 45.6 Å². The summed E-state index contributed by atoms with van der Waals surface area (Å²) >= 11 is 0. The molecule has 0 bridgehead atoms. The van der Waals surface area contributed by atoms with E-state index in [0.717, 1.165) is 45.3 Å². The zero-order chi connectivity index (χ0) is 14.6. The number of nitrogens with zero attached hydrogens (tertiary/aromatic N) is 1. The van der Waals surface area contributed by atoms with Crippen molar-refractivity contribution < 1.29 is 4.79 Å². The first-order chi connectivity index (χ1) is 9.72. The highest BCUT2D eigenvalue weighted by molar-refractivity contribution is 5.75. The summed E-state index contributed by atoms with van der Waals surface area (Å²) in [4.78, 5) is 13.8. The molecular weight excluding hydrogens is 248 g/mol. The minimum atomic E-state index is 0.198. The lowest BCUT2D eigenvalue weighted by atomic mass is 10.2. The number of hydrogen-bond donors (Lipinski definition) is 1. The molecule has 1 rings (SSSR count). The molecule has 0 spiro atoms. The topological polar surface area (TPSA) is 32.3 Å². The van der Waals surface area contributed by atoms with Gasteiger partial charge in [0.2, 0.25) is 5.91 Å². The summed E-state index contributed by atoms with van der Waals surface area (Å²) in [5, 5.41) is 3.00. The van der Waals surface area contributed by atoms with E-state index in [0.29, 0.717) is 6.42 Å². The fourth-order valence-electron chi connectivity index (χ4n) is 2.17. The Bertz CT molecular complexity index is 365. The summed E-state index contributed by atoms with van der Waals surface area (Å²) in [6, 6.07) is 10.5. The number of hydrogen-bond acceptors (Lipinski definition) is 2. The standard InChI is InChI=1S/C17H28N2O/c1-3-4-6-12-17(20)18-13-9-14-19(2)15-16-10-7-5-8-11-16/h5,7-8,10-11H,3-4,6,9,12-15H2,1-2H3,(H,18,20). The average Bonchev–Trinajstić information content (AvgIpc) is 2.45. The van der Waals surface area contributed by atoms with Gasteiger partial charge in [-0.3, -0.25) is 4.79 Å². The molecule has 0 aliphatic rings. The predicted octanol–water partition coefficient (Wildman–Crippen LogP) is 3.21. The quantitative estimate of drug-likeness (QED) is 0.666. The minimum Gasteiger partial charge on any atom is -0.356 e. The first-order valence-corrected chi connectivity index (χ1v) is 7.71. The van der Waals surface area contributed by atoms with E-state index in [4.69, 9.17) is 0 Å². The van der Waals surface area contributed by atoms with Gasteiger partial charge >= 0.3 is 0 Å². The van der Waals surface area contributed by atoms with E-state index in [9.17, 15) is 4.79 Å². The Balaban J connectivity index is 2.04. The molecule has 1 N–H and O–H groups in total. The molecule has 0 saturated carbocycles. The SMILES string of the molecule is CCCCCC(=O)NCCCN(C)Cc1ccccc1. The van der Waals surface area contributed by atoms with Gasteiger partial charge in [-0.15, -0.1) is 0 Å². The van der Waals surface area contributed by atoms with Crippen LogP contribution in [-0.2, 0) is 11.3 Å². The fraction of sp³-hybridized carbons (Fsp3) is 0.588. The van der Waals surface area contributed by atoms with E-state index in [1.165, 1.54) is 5.56 Å². The first kappa shape index (κ1) is 16.7. The molecule has 0 radical (unpaired) electrons. The molecule has 20 heavy (non-hydrogen) atoms. The van der Waals surface area contributed by atoms with Crippen molar-refractivity contribution in [1.82, 2.24) is 10.2 Å². The number of carbonyl (C=O) groups is 1. The van der Waals surface area contributed by atoms with E-state index in [1.54, 1.807) is 0 Å². The van der Waals surface area contributed by atoms with Crippen LogP contribution in [-0.4, -0.2) is 30.9 Å². The fourth-order valence-corrected chi connectivity index (χ4v) is 2.17. The second-order valence-corrected chi connectivity index (χ2v) is 5.38. The summed E-state index contributed by atoms with van der Waals surface area (Å²) in [5.41, 5.74) is 1.33. The molecule has 3 nitrogen and oxygen atoms in total. The molecule has 0 aromatic heterocycles. The van der Waals surface area contributed by atoms with Gasteiger partial charge in [0.15, 0.2) is 0 Å². The first-order valence-electron chi connectivity index (χ1n) is 7.71. The lowest BCUT2D eigenvalue weighted by molar-refractivity contribution is -0.121. The van der Waals surface area contributed by atoms with E-state index in [1.807, 2.05) is 6.07 Å².